The molecule has 0 saturated heterocycles. The van der Waals surface area contributed by atoms with Crippen molar-refractivity contribution in [3.8, 4) is 11.1 Å². The summed E-state index contributed by atoms with van der Waals surface area (Å²) < 4.78 is 34.6. The summed E-state index contributed by atoms with van der Waals surface area (Å²) >= 11 is 0. The van der Waals surface area contributed by atoms with Gasteiger partial charge >= 0.3 is 6.09 Å². The van der Waals surface area contributed by atoms with Crippen LogP contribution in [-0.4, -0.2) is 32.9 Å². The molecule has 1 amide bonds. The van der Waals surface area contributed by atoms with Crippen molar-refractivity contribution in [2.75, 3.05) is 11.9 Å². The number of rotatable bonds is 5. The Balaban J connectivity index is 1.52. The van der Waals surface area contributed by atoms with E-state index in [1.165, 1.54) is 18.2 Å². The van der Waals surface area contributed by atoms with E-state index in [0.29, 0.717) is 39.5 Å². The maximum absolute atomic E-state index is 15.0. The van der Waals surface area contributed by atoms with E-state index in [0.717, 1.165) is 0 Å². The zero-order chi connectivity index (χ0) is 24.5. The van der Waals surface area contributed by atoms with Crippen molar-refractivity contribution < 1.29 is 18.3 Å². The van der Waals surface area contributed by atoms with Gasteiger partial charge in [-0.3, -0.25) is 10.1 Å². The molecule has 0 fully saturated rings. The smallest absolute Gasteiger partial charge is 0.413 e. The van der Waals surface area contributed by atoms with Gasteiger partial charge in [-0.15, -0.1) is 0 Å². The summed E-state index contributed by atoms with van der Waals surface area (Å²) in [4.78, 5) is 30.7. The predicted octanol–water partition coefficient (Wildman–Crippen LogP) is 4.90. The number of hydrogen-bond acceptors (Lipinski definition) is 5. The number of fused-ring (bicyclic) bond motifs is 2. The van der Waals surface area contributed by atoms with Crippen molar-refractivity contribution in [1.82, 2.24) is 20.2 Å². The van der Waals surface area contributed by atoms with Crippen LogP contribution in [-0.2, 0) is 11.2 Å². The molecule has 8 nitrogen and oxygen atoms in total. The number of benzene rings is 3. The van der Waals surface area contributed by atoms with Gasteiger partial charge in [0.25, 0.3) is 5.56 Å². The minimum Gasteiger partial charge on any atom is -0.450 e. The number of ether oxygens (including phenoxy) is 1. The number of carbonyl (C=O) groups is 1. The van der Waals surface area contributed by atoms with Crippen LogP contribution in [0.25, 0.3) is 32.9 Å². The average molecular weight is 475 g/mol. The molecule has 2 aromatic heterocycles. The number of carbonyl (C=O) groups excluding carboxylic acids is 1. The second-order valence-corrected chi connectivity index (χ2v) is 7.82. The highest BCUT2D eigenvalue weighted by Crippen LogP contribution is 2.31. The van der Waals surface area contributed by atoms with E-state index in [9.17, 15) is 14.0 Å². The van der Waals surface area contributed by atoms with E-state index in [-0.39, 0.29) is 29.2 Å². The molecule has 10 heteroatoms. The molecule has 176 valence electrons. The van der Waals surface area contributed by atoms with Crippen molar-refractivity contribution in [3.63, 3.8) is 0 Å². The molecule has 2 heterocycles. The molecular weight excluding hydrogens is 456 g/mol. The van der Waals surface area contributed by atoms with Crippen molar-refractivity contribution in [3.05, 3.63) is 87.8 Å². The SMILES string of the molecule is CCOC(=O)Nc1nc2cc(-c3cc(Cc4n[nH]c(=O)c5ccccc45)ccc3F)c(F)cc2[nH]1. The lowest BCUT2D eigenvalue weighted by atomic mass is 9.98. The van der Waals surface area contributed by atoms with Gasteiger partial charge in [-0.2, -0.15) is 5.10 Å². The molecule has 3 aromatic carbocycles. The van der Waals surface area contributed by atoms with Crippen LogP contribution >= 0.6 is 0 Å². The molecule has 35 heavy (non-hydrogen) atoms. The molecule has 0 spiro atoms. The molecule has 0 atom stereocenters. The van der Waals surface area contributed by atoms with Crippen LogP contribution in [0.3, 0.4) is 0 Å². The number of anilines is 1. The van der Waals surface area contributed by atoms with Crippen LogP contribution in [0.15, 0.2) is 59.4 Å². The Bertz CT molecular complexity index is 1640. The topological polar surface area (TPSA) is 113 Å². The molecule has 0 aliphatic carbocycles. The molecule has 0 saturated carbocycles. The van der Waals surface area contributed by atoms with Crippen LogP contribution in [0.4, 0.5) is 19.5 Å². The zero-order valence-corrected chi connectivity index (χ0v) is 18.5. The minimum atomic E-state index is -0.700. The van der Waals surface area contributed by atoms with Crippen LogP contribution < -0.4 is 10.9 Å². The lowest BCUT2D eigenvalue weighted by Crippen LogP contribution is -2.14. The van der Waals surface area contributed by atoms with E-state index < -0.39 is 17.7 Å². The number of imidazole rings is 1. The van der Waals surface area contributed by atoms with Crippen molar-refractivity contribution in [2.24, 2.45) is 0 Å². The van der Waals surface area contributed by atoms with E-state index in [4.69, 9.17) is 4.74 Å². The first-order valence-corrected chi connectivity index (χ1v) is 10.8. The van der Waals surface area contributed by atoms with Gasteiger partial charge in [0, 0.05) is 29.0 Å². The number of nitrogens with one attached hydrogen (secondary N) is 3. The van der Waals surface area contributed by atoms with Crippen LogP contribution in [0.1, 0.15) is 18.2 Å². The molecule has 0 aliphatic heterocycles. The molecule has 0 unspecified atom stereocenters. The Hall–Kier alpha value is -4.60. The number of aromatic nitrogens is 4. The monoisotopic (exact) mass is 475 g/mol. The molecule has 0 bridgehead atoms. The summed E-state index contributed by atoms with van der Waals surface area (Å²) in [6.45, 7) is 1.85. The average Bonchev–Trinajstić information content (AvgIpc) is 3.22. The van der Waals surface area contributed by atoms with Crippen molar-refractivity contribution in [2.45, 2.75) is 13.3 Å². The van der Waals surface area contributed by atoms with Gasteiger partial charge in [0.1, 0.15) is 11.6 Å². The summed E-state index contributed by atoms with van der Waals surface area (Å²) in [6.07, 6.45) is -0.404. The largest absolute Gasteiger partial charge is 0.450 e. The fourth-order valence-electron chi connectivity index (χ4n) is 3.95. The first kappa shape index (κ1) is 22.2. The number of nitrogens with zero attached hydrogens (tertiary/aromatic N) is 2. The Kier molecular flexibility index (Phi) is 5.69. The minimum absolute atomic E-state index is 0.0188. The predicted molar refractivity (Wildman–Crippen MR) is 127 cm³/mol. The summed E-state index contributed by atoms with van der Waals surface area (Å²) in [5.74, 6) is -1.18. The zero-order valence-electron chi connectivity index (χ0n) is 18.5. The fraction of sp³-hybridized carbons (Fsp3) is 0.120. The Morgan fingerprint density at radius 3 is 2.60 bits per heavy atom. The van der Waals surface area contributed by atoms with Gasteiger partial charge in [0.15, 0.2) is 0 Å². The number of amides is 1. The third-order valence-electron chi connectivity index (χ3n) is 5.53. The first-order chi connectivity index (χ1) is 16.9. The number of aromatic amines is 2. The van der Waals surface area contributed by atoms with Crippen LogP contribution in [0, 0.1) is 11.6 Å². The molecule has 5 rings (SSSR count). The highest BCUT2D eigenvalue weighted by Gasteiger charge is 2.16. The molecular formula is C25H19F2N5O3. The quantitative estimate of drug-likeness (QED) is 0.335. The Labute approximate surface area is 197 Å². The highest BCUT2D eigenvalue weighted by atomic mass is 19.1. The van der Waals surface area contributed by atoms with Gasteiger partial charge in [-0.25, -0.2) is 23.7 Å². The molecule has 5 aromatic rings. The van der Waals surface area contributed by atoms with Crippen molar-refractivity contribution in [1.29, 1.82) is 0 Å². The van der Waals surface area contributed by atoms with E-state index in [1.807, 2.05) is 6.07 Å². The van der Waals surface area contributed by atoms with E-state index >= 15 is 4.39 Å². The number of halogens is 2. The van der Waals surface area contributed by atoms with Crippen LogP contribution in [0.2, 0.25) is 0 Å². The molecule has 0 radical (unpaired) electrons. The van der Waals surface area contributed by atoms with Gasteiger partial charge in [-0.1, -0.05) is 24.3 Å². The molecule has 3 N–H and O–H groups in total. The Morgan fingerprint density at radius 1 is 1.03 bits per heavy atom. The summed E-state index contributed by atoms with van der Waals surface area (Å²) in [5, 5.41) is 10.3. The lowest BCUT2D eigenvalue weighted by Gasteiger charge is -2.09. The maximum atomic E-state index is 15.0. The third kappa shape index (κ3) is 4.33. The first-order valence-electron chi connectivity index (χ1n) is 10.8. The third-order valence-corrected chi connectivity index (χ3v) is 5.53. The Morgan fingerprint density at radius 2 is 1.80 bits per heavy atom. The maximum Gasteiger partial charge on any atom is 0.413 e. The van der Waals surface area contributed by atoms with E-state index in [2.05, 4.69) is 25.5 Å². The second-order valence-electron chi connectivity index (χ2n) is 7.82. The van der Waals surface area contributed by atoms with E-state index in [1.54, 1.807) is 37.3 Å². The van der Waals surface area contributed by atoms with Gasteiger partial charge in [0.2, 0.25) is 5.95 Å². The fourth-order valence-corrected chi connectivity index (χ4v) is 3.95. The lowest BCUT2D eigenvalue weighted by molar-refractivity contribution is 0.167. The summed E-state index contributed by atoms with van der Waals surface area (Å²) in [6, 6.07) is 14.1. The van der Waals surface area contributed by atoms with Gasteiger partial charge in [-0.05, 0) is 36.8 Å². The van der Waals surface area contributed by atoms with Gasteiger partial charge < -0.3 is 9.72 Å². The normalized spacial score (nSPS) is 11.2. The number of hydrogen-bond donors (Lipinski definition) is 3. The van der Waals surface area contributed by atoms with Gasteiger partial charge in [0.05, 0.1) is 28.7 Å². The van der Waals surface area contributed by atoms with Crippen molar-refractivity contribution >= 4 is 33.8 Å². The second kappa shape index (κ2) is 8.98. The van der Waals surface area contributed by atoms with Crippen LogP contribution in [0.5, 0.6) is 0 Å². The highest BCUT2D eigenvalue weighted by molar-refractivity contribution is 5.88. The molecule has 0 aliphatic rings. The summed E-state index contributed by atoms with van der Waals surface area (Å²) in [7, 11) is 0. The standard InChI is InChI=1S/C25H19F2N5O3/c1-2-35-25(34)30-24-28-21-11-17(19(27)12-22(21)29-24)16-9-13(7-8-18(16)26)10-20-14-5-3-4-6-15(14)23(33)32-31-20/h3-9,11-12H,2,10H2,1H3,(H,32,33)(H2,28,29,30,34). The number of H-pyrrole nitrogens is 2. The summed E-state index contributed by atoms with van der Waals surface area (Å²) in [5.41, 5.74) is 1.73.